The van der Waals surface area contributed by atoms with Crippen LogP contribution >= 0.6 is 11.3 Å². The predicted molar refractivity (Wildman–Crippen MR) is 88.9 cm³/mol. The fourth-order valence-electron chi connectivity index (χ4n) is 2.40. The van der Waals surface area contributed by atoms with Crippen LogP contribution in [0.1, 0.15) is 21.4 Å². The fourth-order valence-corrected chi connectivity index (χ4v) is 3.29. The van der Waals surface area contributed by atoms with Crippen molar-refractivity contribution in [3.8, 4) is 21.9 Å². The summed E-state index contributed by atoms with van der Waals surface area (Å²) in [5.74, 6) is 1.80. The maximum Gasteiger partial charge on any atom is 0.348 e. The normalized spacial score (nSPS) is 12.8. The average molecular weight is 358 g/mol. The number of ether oxygens (including phenoxy) is 3. The number of carbonyl (C=O) groups is 1. The van der Waals surface area contributed by atoms with Crippen molar-refractivity contribution in [2.24, 2.45) is 0 Å². The predicted octanol–water partition coefficient (Wildman–Crippen LogP) is 3.23. The third kappa shape index (κ3) is 3.34. The van der Waals surface area contributed by atoms with Gasteiger partial charge in [-0.25, -0.2) is 4.79 Å². The lowest BCUT2D eigenvalue weighted by Crippen LogP contribution is -2.15. The van der Waals surface area contributed by atoms with E-state index in [2.05, 4.69) is 10.1 Å². The van der Waals surface area contributed by atoms with Crippen LogP contribution in [-0.4, -0.2) is 29.3 Å². The number of aryl methyl sites for hydroxylation is 1. The van der Waals surface area contributed by atoms with Crippen LogP contribution in [0.25, 0.3) is 10.4 Å². The lowest BCUT2D eigenvalue weighted by molar-refractivity contribution is 0.0435. The smallest absolute Gasteiger partial charge is 0.348 e. The topological polar surface area (TPSA) is 83.7 Å². The molecule has 0 unspecified atom stereocenters. The van der Waals surface area contributed by atoms with Crippen LogP contribution in [0.2, 0.25) is 0 Å². The molecule has 7 nitrogen and oxygen atoms in total. The molecule has 2 aromatic heterocycles. The molecule has 0 fully saturated rings. The fraction of sp³-hybridized carbons (Fsp3) is 0.235. The number of aromatic nitrogens is 2. The van der Waals surface area contributed by atoms with Crippen molar-refractivity contribution < 1.29 is 23.5 Å². The van der Waals surface area contributed by atoms with E-state index >= 15 is 0 Å². The van der Waals surface area contributed by atoms with E-state index < -0.39 is 5.97 Å². The molecular formula is C17H14N2O5S. The summed E-state index contributed by atoms with van der Waals surface area (Å²) in [6.45, 7) is 2.75. The van der Waals surface area contributed by atoms with Crippen LogP contribution < -0.4 is 9.47 Å². The summed E-state index contributed by atoms with van der Waals surface area (Å²) in [6.07, 6.45) is 0. The minimum atomic E-state index is -0.426. The van der Waals surface area contributed by atoms with E-state index in [1.807, 2.05) is 24.3 Å². The Morgan fingerprint density at radius 1 is 1.20 bits per heavy atom. The molecule has 4 rings (SSSR count). The molecule has 0 saturated carbocycles. The van der Waals surface area contributed by atoms with Crippen molar-refractivity contribution in [2.45, 2.75) is 13.5 Å². The summed E-state index contributed by atoms with van der Waals surface area (Å²) in [7, 11) is 0. The van der Waals surface area contributed by atoms with Gasteiger partial charge in [-0.3, -0.25) is 0 Å². The second-order valence-corrected chi connectivity index (χ2v) is 6.42. The quantitative estimate of drug-likeness (QED) is 0.662. The number of esters is 1. The Hall–Kier alpha value is -2.87. The van der Waals surface area contributed by atoms with Crippen LogP contribution in [0.5, 0.6) is 11.5 Å². The Bertz CT molecular complexity index is 917. The molecule has 25 heavy (non-hydrogen) atoms. The minimum absolute atomic E-state index is 0.0447. The van der Waals surface area contributed by atoms with Crippen molar-refractivity contribution in [3.63, 3.8) is 0 Å². The van der Waals surface area contributed by atoms with Crippen molar-refractivity contribution in [1.82, 2.24) is 10.1 Å². The van der Waals surface area contributed by atoms with Gasteiger partial charge < -0.3 is 18.7 Å². The Kier molecular flexibility index (Phi) is 4.10. The van der Waals surface area contributed by atoms with Crippen LogP contribution in [0.15, 0.2) is 34.9 Å². The lowest BCUT2D eigenvalue weighted by atomic mass is 10.1. The van der Waals surface area contributed by atoms with E-state index in [0.29, 0.717) is 29.7 Å². The summed E-state index contributed by atoms with van der Waals surface area (Å²) in [5.41, 5.74) is 0.959. The highest BCUT2D eigenvalue weighted by Gasteiger charge is 2.16. The Morgan fingerprint density at radius 3 is 2.84 bits per heavy atom. The van der Waals surface area contributed by atoms with Gasteiger partial charge in [0.25, 0.3) is 5.89 Å². The van der Waals surface area contributed by atoms with Crippen LogP contribution in [0, 0.1) is 6.92 Å². The monoisotopic (exact) mass is 358 g/mol. The maximum atomic E-state index is 12.2. The molecule has 0 spiro atoms. The van der Waals surface area contributed by atoms with E-state index in [9.17, 15) is 4.79 Å². The van der Waals surface area contributed by atoms with Crippen molar-refractivity contribution in [1.29, 1.82) is 0 Å². The maximum absolute atomic E-state index is 12.2. The number of rotatable bonds is 4. The summed E-state index contributed by atoms with van der Waals surface area (Å²) < 4.78 is 21.2. The first-order chi connectivity index (χ1) is 12.2. The lowest BCUT2D eigenvalue weighted by Gasteiger charge is -2.18. The second-order valence-electron chi connectivity index (χ2n) is 5.33. The number of thiophene rings is 1. The number of hydrogen-bond acceptors (Lipinski definition) is 8. The van der Waals surface area contributed by atoms with Gasteiger partial charge in [0.05, 0.1) is 0 Å². The summed E-state index contributed by atoms with van der Waals surface area (Å²) in [6, 6.07) is 9.34. The van der Waals surface area contributed by atoms with E-state index in [-0.39, 0.29) is 12.5 Å². The van der Waals surface area contributed by atoms with Crippen molar-refractivity contribution >= 4 is 17.3 Å². The number of fused-ring (bicyclic) bond motifs is 1. The molecule has 0 atom stereocenters. The third-order valence-electron chi connectivity index (χ3n) is 3.53. The Labute approximate surface area is 147 Å². The van der Waals surface area contributed by atoms with Crippen molar-refractivity contribution in [2.75, 3.05) is 13.2 Å². The molecule has 1 aliphatic heterocycles. The standard InChI is InChI=1S/C17H14N2O5S/c1-10-18-16(24-19-10)9-23-17(20)15-5-4-14(25-15)11-2-3-12-13(8-11)22-7-6-21-12/h2-5,8H,6-7,9H2,1H3. The van der Waals surface area contributed by atoms with E-state index in [0.717, 1.165) is 16.2 Å². The highest BCUT2D eigenvalue weighted by Crippen LogP contribution is 2.37. The zero-order chi connectivity index (χ0) is 17.2. The third-order valence-corrected chi connectivity index (χ3v) is 4.64. The molecule has 0 N–H and O–H groups in total. The van der Waals surface area contributed by atoms with E-state index in [4.69, 9.17) is 18.7 Å². The molecule has 0 bridgehead atoms. The van der Waals surface area contributed by atoms with Gasteiger partial charge in [0, 0.05) is 4.88 Å². The first kappa shape index (κ1) is 15.6. The van der Waals surface area contributed by atoms with Crippen LogP contribution in [-0.2, 0) is 11.3 Å². The molecule has 8 heteroatoms. The van der Waals surface area contributed by atoms with Crippen LogP contribution in [0.4, 0.5) is 0 Å². The van der Waals surface area contributed by atoms with Gasteiger partial charge in [0.2, 0.25) is 0 Å². The molecule has 3 heterocycles. The van der Waals surface area contributed by atoms with Gasteiger partial charge in [-0.1, -0.05) is 5.16 Å². The van der Waals surface area contributed by atoms with Gasteiger partial charge in [-0.2, -0.15) is 4.98 Å². The summed E-state index contributed by atoms with van der Waals surface area (Å²) >= 11 is 1.35. The Morgan fingerprint density at radius 2 is 2.04 bits per heavy atom. The number of nitrogens with zero attached hydrogens (tertiary/aromatic N) is 2. The summed E-state index contributed by atoms with van der Waals surface area (Å²) in [4.78, 5) is 17.6. The van der Waals surface area contributed by atoms with E-state index in [1.54, 1.807) is 13.0 Å². The molecule has 1 aliphatic rings. The van der Waals surface area contributed by atoms with Gasteiger partial charge in [0.1, 0.15) is 18.1 Å². The molecule has 0 aliphatic carbocycles. The Balaban J connectivity index is 1.47. The zero-order valence-corrected chi connectivity index (χ0v) is 14.2. The largest absolute Gasteiger partial charge is 0.486 e. The molecular weight excluding hydrogens is 344 g/mol. The SMILES string of the molecule is Cc1noc(COC(=O)c2ccc(-c3ccc4c(c3)OCCO4)s2)n1. The number of benzene rings is 1. The number of carbonyl (C=O) groups excluding carboxylic acids is 1. The van der Waals surface area contributed by atoms with Gasteiger partial charge in [-0.05, 0) is 42.8 Å². The highest BCUT2D eigenvalue weighted by molar-refractivity contribution is 7.17. The second kappa shape index (κ2) is 6.56. The highest BCUT2D eigenvalue weighted by atomic mass is 32.1. The molecule has 0 amide bonds. The van der Waals surface area contributed by atoms with Gasteiger partial charge >= 0.3 is 5.97 Å². The summed E-state index contributed by atoms with van der Waals surface area (Å²) in [5, 5.41) is 3.65. The van der Waals surface area contributed by atoms with Crippen LogP contribution in [0.3, 0.4) is 0 Å². The molecule has 0 saturated heterocycles. The molecule has 3 aromatic rings. The molecule has 128 valence electrons. The first-order valence-corrected chi connectivity index (χ1v) is 8.47. The minimum Gasteiger partial charge on any atom is -0.486 e. The molecule has 1 aromatic carbocycles. The van der Waals surface area contributed by atoms with E-state index in [1.165, 1.54) is 11.3 Å². The molecule has 0 radical (unpaired) electrons. The van der Waals surface area contributed by atoms with Gasteiger partial charge in [-0.15, -0.1) is 11.3 Å². The average Bonchev–Trinajstić information content (AvgIpc) is 3.28. The van der Waals surface area contributed by atoms with Gasteiger partial charge in [0.15, 0.2) is 23.9 Å². The first-order valence-electron chi connectivity index (χ1n) is 7.65. The zero-order valence-electron chi connectivity index (χ0n) is 13.4. The van der Waals surface area contributed by atoms with Crippen molar-refractivity contribution in [3.05, 3.63) is 46.9 Å². The number of hydrogen-bond donors (Lipinski definition) is 0.